The predicted molar refractivity (Wildman–Crippen MR) is 361 cm³/mol. The number of hydrogen-bond donors (Lipinski definition) is 19. The summed E-state index contributed by atoms with van der Waals surface area (Å²) in [6.45, 7) is 27.6. The maximum atomic E-state index is 10.5. The number of aliphatic hydroxyl groups excluding tert-OH is 14. The minimum Gasteiger partial charge on any atom is -0.447 e. The van der Waals surface area contributed by atoms with Gasteiger partial charge in [0.15, 0.2) is 0 Å². The zero-order valence-corrected chi connectivity index (χ0v) is 59.0. The van der Waals surface area contributed by atoms with Crippen LogP contribution in [0.2, 0.25) is 0 Å². The largest absolute Gasteiger partial charge is 0.447 e. The molecule has 30 nitrogen and oxygen atoms in total. The van der Waals surface area contributed by atoms with E-state index in [0.717, 1.165) is 102 Å². The first-order valence-electron chi connectivity index (χ1n) is 32.0. The van der Waals surface area contributed by atoms with Gasteiger partial charge in [-0.15, -0.1) is 0 Å². The van der Waals surface area contributed by atoms with Crippen molar-refractivity contribution in [1.29, 1.82) is 0 Å². The van der Waals surface area contributed by atoms with Gasteiger partial charge in [-0.2, -0.15) is 11.8 Å². The fourth-order valence-corrected chi connectivity index (χ4v) is 4.71. The molecule has 1 amide bonds. The van der Waals surface area contributed by atoms with E-state index in [1.165, 1.54) is 6.92 Å². The van der Waals surface area contributed by atoms with Gasteiger partial charge in [0.25, 0.3) is 0 Å². The van der Waals surface area contributed by atoms with Gasteiger partial charge in [0.05, 0.1) is 163 Å². The number of carbonyl (C=O) groups excluding carboxylic acids is 1. The number of carbonyl (C=O) groups is 1. The van der Waals surface area contributed by atoms with Gasteiger partial charge in [-0.25, -0.2) is 4.79 Å². The standard InChI is InChI=1S/C9H20O3.C7H17NO.C7H14O3.C6H13NO3.C6H14O2.C5H13NO2.C4H11NO2.C4H11NOS.C4H10O2.2C3H8O2.C2H6O2/c1-3-4-5-11-6-7-12-8-9(2)10;1-4-7(3)9-5-6(2)8;8-3-5-9-6-7-2-1-4-10-7;1-2-3-7-6(9)10-5-4-8;1-2-3-5-8-6-4-7;6-2-1-4-8-5-3-7;2*5-1-3-7-4-2-6;5-3-1-2-4-6;1-5-3-2-4;1-3(5)2-4;3-1-2-4/h9-10H,3-8H2,1-2H3;6-7H,4-5,8H2,1-3H3;7-8H,1-6H2;8H,2-5H2,1H3,(H,7,9);7H,2-6H2,1H3;7H,1-6H2;2*6H,1-5H2;5-6H,1-4H2;4H,2-3H2,1H3;3-5H,2H2,1H3;3-4H,1-2H2. The summed E-state index contributed by atoms with van der Waals surface area (Å²) in [6, 6.07) is 0.166. The molecule has 0 radical (unpaired) electrons. The fraction of sp³-hybridized carbons (Fsp3) is 0.983. The molecule has 5 unspecified atom stereocenters. The molecule has 0 bridgehead atoms. The Bertz CT molecular complexity index is 1010. The van der Waals surface area contributed by atoms with Crippen molar-refractivity contribution in [3.05, 3.63) is 0 Å². The molecule has 0 aromatic rings. The van der Waals surface area contributed by atoms with E-state index in [-0.39, 0.29) is 104 Å². The molecule has 1 rings (SSSR count). The number of nitrogens with one attached hydrogen (secondary N) is 1. The third-order valence-electron chi connectivity index (χ3n) is 8.83. The maximum absolute atomic E-state index is 10.5. The minimum atomic E-state index is -0.560. The number of thioether (sulfide) groups is 1. The Morgan fingerprint density at radius 3 is 1.33 bits per heavy atom. The monoisotopic (exact) mass is 1370 g/mol. The summed E-state index contributed by atoms with van der Waals surface area (Å²) in [4.78, 5) is 10.5. The first-order valence-corrected chi connectivity index (χ1v) is 33.2. The van der Waals surface area contributed by atoms with Gasteiger partial charge in [-0.3, -0.25) is 0 Å². The van der Waals surface area contributed by atoms with Crippen molar-refractivity contribution < 1.29 is 124 Å². The molecule has 5 atom stereocenters. The summed E-state index contributed by atoms with van der Waals surface area (Å²) in [5.41, 5.74) is 20.9. The summed E-state index contributed by atoms with van der Waals surface area (Å²) in [5.74, 6) is 1.78. The molecule has 31 heteroatoms. The average molecular weight is 1370 g/mol. The van der Waals surface area contributed by atoms with Crippen molar-refractivity contribution in [3.8, 4) is 0 Å². The van der Waals surface area contributed by atoms with E-state index in [1.807, 2.05) is 13.8 Å². The van der Waals surface area contributed by atoms with Gasteiger partial charge in [0, 0.05) is 83.9 Å². The van der Waals surface area contributed by atoms with E-state index >= 15 is 0 Å². The number of amides is 1. The summed E-state index contributed by atoms with van der Waals surface area (Å²) in [6.07, 6.45) is 10.3. The molecule has 1 fully saturated rings. The molecule has 566 valence electrons. The van der Waals surface area contributed by atoms with E-state index in [2.05, 4.69) is 42.5 Å². The Morgan fingerprint density at radius 2 is 0.989 bits per heavy atom. The van der Waals surface area contributed by atoms with Crippen LogP contribution in [-0.2, 0) is 47.4 Å². The van der Waals surface area contributed by atoms with Crippen molar-refractivity contribution in [3.63, 3.8) is 0 Å². The van der Waals surface area contributed by atoms with Crippen LogP contribution < -0.4 is 28.3 Å². The Hall–Kier alpha value is -1.46. The molecule has 1 aliphatic heterocycles. The van der Waals surface area contributed by atoms with E-state index in [1.54, 1.807) is 25.8 Å². The second-order valence-electron chi connectivity index (χ2n) is 18.4. The molecule has 1 aliphatic rings. The molecule has 0 aromatic carbocycles. The molecule has 0 aromatic heterocycles. The van der Waals surface area contributed by atoms with Gasteiger partial charge in [0.2, 0.25) is 0 Å². The number of alkyl carbamates (subject to hydrolysis) is 1. The van der Waals surface area contributed by atoms with Crippen LogP contribution in [0.15, 0.2) is 0 Å². The van der Waals surface area contributed by atoms with Crippen LogP contribution in [0, 0.1) is 0 Å². The predicted octanol–water partition coefficient (Wildman–Crippen LogP) is -0.891. The lowest BCUT2D eigenvalue weighted by Crippen LogP contribution is -2.25. The topological polar surface area (TPSA) is 509 Å². The first kappa shape index (κ1) is 114. The SMILES string of the molecule is CC(O)CO.CCC(C)OCC(C)N.CCCCOCCO.CCCCOCCOCC(C)O.CCCNC(=O)OCCO.COCCO.NCCCOCCO.NCCOCCO.NCCSCCO.OCCCCO.OCCO.OCCOCC1CCCO1. The molecule has 23 N–H and O–H groups in total. The van der Waals surface area contributed by atoms with Gasteiger partial charge >= 0.3 is 6.09 Å². The molecule has 0 aliphatic carbocycles. The average Bonchev–Trinajstić information content (AvgIpc) is 4.36. The Labute approximate surface area is 554 Å². The number of nitrogens with two attached hydrogens (primary N) is 4. The lowest BCUT2D eigenvalue weighted by Gasteiger charge is -2.11. The summed E-state index contributed by atoms with van der Waals surface area (Å²) < 4.78 is 49.6. The van der Waals surface area contributed by atoms with Gasteiger partial charge < -0.3 is 147 Å². The van der Waals surface area contributed by atoms with Crippen molar-refractivity contribution in [2.75, 3.05) is 230 Å². The maximum Gasteiger partial charge on any atom is 0.407 e. The smallest absolute Gasteiger partial charge is 0.407 e. The highest BCUT2D eigenvalue weighted by Gasteiger charge is 2.14. The van der Waals surface area contributed by atoms with Crippen LogP contribution in [0.4, 0.5) is 4.79 Å². The molecule has 1 saturated heterocycles. The van der Waals surface area contributed by atoms with Crippen LogP contribution in [0.5, 0.6) is 0 Å². The van der Waals surface area contributed by atoms with E-state index in [4.69, 9.17) is 132 Å². The molecule has 91 heavy (non-hydrogen) atoms. The quantitative estimate of drug-likeness (QED) is 0.0329. The van der Waals surface area contributed by atoms with E-state index < -0.39 is 12.2 Å². The Morgan fingerprint density at radius 1 is 0.516 bits per heavy atom. The summed E-state index contributed by atoms with van der Waals surface area (Å²) in [5, 5.41) is 116. The van der Waals surface area contributed by atoms with Gasteiger partial charge in [-0.05, 0) is 92.0 Å². The lowest BCUT2D eigenvalue weighted by atomic mass is 10.2. The third kappa shape index (κ3) is 181. The normalized spacial score (nSPS) is 12.6. The van der Waals surface area contributed by atoms with Crippen molar-refractivity contribution in [1.82, 2.24) is 5.32 Å². The first-order chi connectivity index (χ1) is 43.8. The number of aliphatic hydroxyl groups is 14. The fourth-order valence-electron chi connectivity index (χ4n) is 4.21. The molecule has 0 spiro atoms. The number of hydrogen-bond acceptors (Lipinski definition) is 30. The van der Waals surface area contributed by atoms with Crippen molar-refractivity contribution in [2.24, 2.45) is 22.9 Å². The highest BCUT2D eigenvalue weighted by atomic mass is 32.2. The minimum absolute atomic E-state index is 0.0650. The molecule has 0 saturated carbocycles. The highest BCUT2D eigenvalue weighted by molar-refractivity contribution is 7.99. The van der Waals surface area contributed by atoms with Crippen LogP contribution in [0.25, 0.3) is 0 Å². The third-order valence-corrected chi connectivity index (χ3v) is 9.82. The van der Waals surface area contributed by atoms with Gasteiger partial charge in [0.1, 0.15) is 6.61 Å². The highest BCUT2D eigenvalue weighted by Crippen LogP contribution is 2.11. The van der Waals surface area contributed by atoms with E-state index in [9.17, 15) is 4.79 Å². The molecule has 1 heterocycles. The molecular formula is C60H145N5O25S. The van der Waals surface area contributed by atoms with Crippen LogP contribution in [-0.4, -0.2) is 338 Å². The zero-order chi connectivity index (χ0) is 71.8. The summed E-state index contributed by atoms with van der Waals surface area (Å²) >= 11 is 1.68. The van der Waals surface area contributed by atoms with Gasteiger partial charge in [-0.1, -0.05) is 40.5 Å². The zero-order valence-electron chi connectivity index (χ0n) is 58.2. The van der Waals surface area contributed by atoms with Crippen LogP contribution >= 0.6 is 11.8 Å². The second kappa shape index (κ2) is 125. The molecular weight excluding hydrogens is 1220 g/mol. The number of methoxy groups -OCH3 is 1. The second-order valence-corrected chi connectivity index (χ2v) is 19.6. The van der Waals surface area contributed by atoms with E-state index in [0.29, 0.717) is 112 Å². The lowest BCUT2D eigenvalue weighted by molar-refractivity contribution is 0.00603. The number of ether oxygens (including phenoxy) is 10. The summed E-state index contributed by atoms with van der Waals surface area (Å²) in [7, 11) is 1.55. The number of unbranched alkanes of at least 4 members (excludes halogenated alkanes) is 3. The van der Waals surface area contributed by atoms with Crippen LogP contribution in [0.3, 0.4) is 0 Å². The number of rotatable bonds is 45. The Balaban J connectivity index is -0.0000000862. The van der Waals surface area contributed by atoms with Crippen LogP contribution in [0.1, 0.15) is 126 Å². The van der Waals surface area contributed by atoms with Crippen molar-refractivity contribution in [2.45, 2.75) is 156 Å². The van der Waals surface area contributed by atoms with Crippen molar-refractivity contribution >= 4 is 17.9 Å². The Kier molecular flexibility index (Phi) is 157.